The topological polar surface area (TPSA) is 51.2 Å². The number of amides is 1. The first-order valence-electron chi connectivity index (χ1n) is 7.20. The van der Waals surface area contributed by atoms with Crippen LogP contribution in [0.2, 0.25) is 5.02 Å². The number of hydrogen-bond donors (Lipinski definition) is 1. The molecule has 1 amide bonds. The first-order chi connectivity index (χ1) is 10.6. The number of ether oxygens (including phenoxy) is 1. The van der Waals surface area contributed by atoms with E-state index in [1.54, 1.807) is 18.5 Å². The first-order valence-corrected chi connectivity index (χ1v) is 7.57. The average molecular weight is 319 g/mol. The van der Waals surface area contributed by atoms with Crippen molar-refractivity contribution < 1.29 is 9.53 Å². The van der Waals surface area contributed by atoms with Gasteiger partial charge in [-0.15, -0.1) is 0 Å². The molecule has 2 rings (SSSR count). The van der Waals surface area contributed by atoms with Gasteiger partial charge in [0.05, 0.1) is 13.0 Å². The van der Waals surface area contributed by atoms with E-state index in [1.807, 2.05) is 31.2 Å². The lowest BCUT2D eigenvalue weighted by Gasteiger charge is -2.08. The van der Waals surface area contributed by atoms with Gasteiger partial charge in [-0.25, -0.2) is 0 Å². The predicted octanol–water partition coefficient (Wildman–Crippen LogP) is 3.17. The van der Waals surface area contributed by atoms with Crippen LogP contribution in [-0.2, 0) is 11.2 Å². The summed E-state index contributed by atoms with van der Waals surface area (Å²) in [6.07, 6.45) is 4.21. The molecule has 0 bridgehead atoms. The first kappa shape index (κ1) is 16.3. The Balaban J connectivity index is 1.63. The molecule has 0 fully saturated rings. The molecule has 4 nitrogen and oxygen atoms in total. The van der Waals surface area contributed by atoms with E-state index in [9.17, 15) is 4.79 Å². The fourth-order valence-corrected chi connectivity index (χ4v) is 2.07. The van der Waals surface area contributed by atoms with Crippen molar-refractivity contribution in [2.75, 3.05) is 13.2 Å². The molecule has 2 aromatic rings. The second kappa shape index (κ2) is 8.39. The van der Waals surface area contributed by atoms with Gasteiger partial charge in [-0.3, -0.25) is 9.78 Å². The molecule has 0 radical (unpaired) electrons. The Morgan fingerprint density at radius 2 is 2.05 bits per heavy atom. The summed E-state index contributed by atoms with van der Waals surface area (Å²) in [6, 6.07) is 9.58. The van der Waals surface area contributed by atoms with Gasteiger partial charge in [0.1, 0.15) is 5.75 Å². The Kier molecular flexibility index (Phi) is 6.22. The maximum atomic E-state index is 11.8. The number of benzene rings is 1. The molecule has 0 unspecified atom stereocenters. The summed E-state index contributed by atoms with van der Waals surface area (Å²) in [5, 5.41) is 3.41. The van der Waals surface area contributed by atoms with Crippen molar-refractivity contribution in [3.63, 3.8) is 0 Å². The molecule has 5 heteroatoms. The average Bonchev–Trinajstić information content (AvgIpc) is 2.51. The van der Waals surface area contributed by atoms with E-state index in [4.69, 9.17) is 16.3 Å². The van der Waals surface area contributed by atoms with E-state index >= 15 is 0 Å². The summed E-state index contributed by atoms with van der Waals surface area (Å²) in [5.41, 5.74) is 1.94. The van der Waals surface area contributed by atoms with Crippen LogP contribution in [0.3, 0.4) is 0 Å². The zero-order chi connectivity index (χ0) is 15.8. The van der Waals surface area contributed by atoms with Gasteiger partial charge in [0, 0.05) is 24.0 Å². The van der Waals surface area contributed by atoms with Crippen LogP contribution in [0.15, 0.2) is 42.7 Å². The molecule has 0 saturated carbocycles. The summed E-state index contributed by atoms with van der Waals surface area (Å²) in [6.45, 7) is 3.17. The zero-order valence-corrected chi connectivity index (χ0v) is 13.3. The molecule has 1 heterocycles. The van der Waals surface area contributed by atoms with Crippen LogP contribution in [0, 0.1) is 6.92 Å². The zero-order valence-electron chi connectivity index (χ0n) is 12.5. The van der Waals surface area contributed by atoms with Crippen molar-refractivity contribution in [3.05, 3.63) is 58.9 Å². The number of carbonyl (C=O) groups excluding carboxylic acids is 1. The minimum atomic E-state index is -0.0646. The van der Waals surface area contributed by atoms with Gasteiger partial charge in [-0.2, -0.15) is 0 Å². The summed E-state index contributed by atoms with van der Waals surface area (Å²) in [5.74, 6) is 0.782. The van der Waals surface area contributed by atoms with Crippen molar-refractivity contribution in [2.24, 2.45) is 0 Å². The number of aromatic nitrogens is 1. The molecule has 0 saturated heterocycles. The Labute approximate surface area is 135 Å². The third-order valence-corrected chi connectivity index (χ3v) is 3.50. The fourth-order valence-electron chi connectivity index (χ4n) is 1.90. The van der Waals surface area contributed by atoms with Gasteiger partial charge < -0.3 is 10.1 Å². The van der Waals surface area contributed by atoms with E-state index in [-0.39, 0.29) is 12.3 Å². The van der Waals surface area contributed by atoms with Crippen LogP contribution in [0.5, 0.6) is 5.75 Å². The van der Waals surface area contributed by atoms with E-state index < -0.39 is 0 Å². The Hall–Kier alpha value is -2.07. The van der Waals surface area contributed by atoms with Gasteiger partial charge in [-0.05, 0) is 37.1 Å². The molecular formula is C17H19ClN2O2. The highest BCUT2D eigenvalue weighted by molar-refractivity contribution is 6.31. The predicted molar refractivity (Wildman–Crippen MR) is 87.3 cm³/mol. The lowest BCUT2D eigenvalue weighted by molar-refractivity contribution is -0.120. The molecule has 22 heavy (non-hydrogen) atoms. The van der Waals surface area contributed by atoms with Gasteiger partial charge in [-0.1, -0.05) is 29.3 Å². The molecule has 0 spiro atoms. The molecule has 1 aromatic heterocycles. The number of aryl methyl sites for hydroxylation is 1. The number of rotatable bonds is 7. The van der Waals surface area contributed by atoms with Crippen LogP contribution in [0.25, 0.3) is 0 Å². The van der Waals surface area contributed by atoms with E-state index in [0.717, 1.165) is 17.7 Å². The van der Waals surface area contributed by atoms with E-state index in [1.165, 1.54) is 5.56 Å². The molecule has 1 aromatic carbocycles. The minimum absolute atomic E-state index is 0.0646. The molecular weight excluding hydrogens is 300 g/mol. The molecule has 0 atom stereocenters. The maximum Gasteiger partial charge on any atom is 0.224 e. The number of halogens is 1. The third-order valence-electron chi connectivity index (χ3n) is 3.13. The molecule has 0 aliphatic carbocycles. The summed E-state index contributed by atoms with van der Waals surface area (Å²) >= 11 is 5.99. The van der Waals surface area contributed by atoms with Crippen molar-refractivity contribution in [1.29, 1.82) is 0 Å². The fraction of sp³-hybridized carbons (Fsp3) is 0.294. The third kappa shape index (κ3) is 5.37. The molecule has 0 aliphatic heterocycles. The quantitative estimate of drug-likeness (QED) is 0.798. The minimum Gasteiger partial charge on any atom is -0.494 e. The second-order valence-corrected chi connectivity index (χ2v) is 5.42. The lowest BCUT2D eigenvalue weighted by atomic mass is 10.2. The summed E-state index contributed by atoms with van der Waals surface area (Å²) in [7, 11) is 0. The monoisotopic (exact) mass is 318 g/mol. The van der Waals surface area contributed by atoms with Crippen molar-refractivity contribution in [2.45, 2.75) is 19.8 Å². The number of nitrogens with zero attached hydrogens (tertiary/aromatic N) is 1. The Morgan fingerprint density at radius 3 is 2.77 bits per heavy atom. The molecule has 0 aliphatic rings. The normalized spacial score (nSPS) is 10.3. The highest BCUT2D eigenvalue weighted by Gasteiger charge is 2.06. The second-order valence-electron chi connectivity index (χ2n) is 5.01. The number of hydrogen-bond acceptors (Lipinski definition) is 3. The van der Waals surface area contributed by atoms with E-state index in [0.29, 0.717) is 18.2 Å². The molecule has 1 N–H and O–H groups in total. The largest absolute Gasteiger partial charge is 0.494 e. The van der Waals surface area contributed by atoms with Crippen LogP contribution < -0.4 is 10.1 Å². The summed E-state index contributed by atoms with van der Waals surface area (Å²) < 4.78 is 5.60. The number of nitrogens with one attached hydrogen (secondary N) is 1. The molecule has 116 valence electrons. The van der Waals surface area contributed by atoms with Crippen molar-refractivity contribution in [1.82, 2.24) is 10.3 Å². The van der Waals surface area contributed by atoms with Crippen LogP contribution in [0.1, 0.15) is 17.5 Å². The smallest absolute Gasteiger partial charge is 0.224 e. The Bertz CT molecular complexity index is 614. The van der Waals surface area contributed by atoms with Gasteiger partial charge in [0.25, 0.3) is 0 Å². The summed E-state index contributed by atoms with van der Waals surface area (Å²) in [4.78, 5) is 15.8. The van der Waals surface area contributed by atoms with Gasteiger partial charge >= 0.3 is 0 Å². The Morgan fingerprint density at radius 1 is 1.27 bits per heavy atom. The SMILES string of the molecule is Cc1ccc(OCCCNC(=O)Cc2cnccc2Cl)cc1. The van der Waals surface area contributed by atoms with Crippen molar-refractivity contribution >= 4 is 17.5 Å². The van der Waals surface area contributed by atoms with Crippen molar-refractivity contribution in [3.8, 4) is 5.75 Å². The van der Waals surface area contributed by atoms with Gasteiger partial charge in [0.2, 0.25) is 5.91 Å². The van der Waals surface area contributed by atoms with Crippen LogP contribution in [0.4, 0.5) is 0 Å². The number of carbonyl (C=O) groups is 1. The number of pyridine rings is 1. The highest BCUT2D eigenvalue weighted by atomic mass is 35.5. The van der Waals surface area contributed by atoms with Crippen LogP contribution >= 0.6 is 11.6 Å². The standard InChI is InChI=1S/C17H19ClN2O2/c1-13-3-5-15(6-4-13)22-10-2-8-20-17(21)11-14-12-19-9-7-16(14)18/h3-7,9,12H,2,8,10-11H2,1H3,(H,20,21). The van der Waals surface area contributed by atoms with Gasteiger partial charge in [0.15, 0.2) is 0 Å². The van der Waals surface area contributed by atoms with E-state index in [2.05, 4.69) is 10.3 Å². The lowest BCUT2D eigenvalue weighted by Crippen LogP contribution is -2.27. The maximum absolute atomic E-state index is 11.8. The highest BCUT2D eigenvalue weighted by Crippen LogP contribution is 2.14. The van der Waals surface area contributed by atoms with Crippen LogP contribution in [-0.4, -0.2) is 24.0 Å².